The van der Waals surface area contributed by atoms with Crippen LogP contribution in [0.4, 0.5) is 0 Å². The van der Waals surface area contributed by atoms with Crippen molar-refractivity contribution in [2.45, 2.75) is 45.6 Å². The Hall–Kier alpha value is -1.06. The molecule has 1 aromatic carbocycles. The van der Waals surface area contributed by atoms with Crippen molar-refractivity contribution in [3.63, 3.8) is 0 Å². The number of rotatable bonds is 5. The van der Waals surface area contributed by atoms with Crippen LogP contribution < -0.4 is 4.74 Å². The predicted molar refractivity (Wildman–Crippen MR) is 82.2 cm³/mol. The van der Waals surface area contributed by atoms with E-state index in [0.717, 1.165) is 24.4 Å². The lowest BCUT2D eigenvalue weighted by Crippen LogP contribution is -2.29. The highest BCUT2D eigenvalue weighted by atomic mass is 16.5. The highest BCUT2D eigenvalue weighted by Crippen LogP contribution is 2.27. The van der Waals surface area contributed by atoms with Crippen molar-refractivity contribution in [2.75, 3.05) is 26.2 Å². The molecule has 0 saturated carbocycles. The van der Waals surface area contributed by atoms with Gasteiger partial charge in [-0.3, -0.25) is 0 Å². The van der Waals surface area contributed by atoms with E-state index >= 15 is 0 Å². The van der Waals surface area contributed by atoms with Crippen LogP contribution in [0.2, 0.25) is 0 Å². The maximum absolute atomic E-state index is 10.6. The minimum atomic E-state index is -0.463. The fourth-order valence-electron chi connectivity index (χ4n) is 2.88. The van der Waals surface area contributed by atoms with Crippen molar-refractivity contribution in [3.05, 3.63) is 29.3 Å². The number of ether oxygens (including phenoxy) is 1. The summed E-state index contributed by atoms with van der Waals surface area (Å²) in [7, 11) is 0. The summed E-state index contributed by atoms with van der Waals surface area (Å²) in [5.74, 6) is 0.820. The van der Waals surface area contributed by atoms with Crippen LogP contribution in [-0.2, 0) is 0 Å². The van der Waals surface area contributed by atoms with Gasteiger partial charge in [0, 0.05) is 12.1 Å². The highest BCUT2D eigenvalue weighted by Gasteiger charge is 2.18. The summed E-state index contributed by atoms with van der Waals surface area (Å²) in [4.78, 5) is 2.38. The fraction of sp³-hybridized carbons (Fsp3) is 0.647. The summed E-state index contributed by atoms with van der Waals surface area (Å²) in [6.45, 7) is 7.58. The third-order valence-corrected chi connectivity index (χ3v) is 3.95. The molecule has 20 heavy (non-hydrogen) atoms. The second-order valence-corrected chi connectivity index (χ2v) is 5.70. The molecular weight excluding hydrogens is 250 g/mol. The Labute approximate surface area is 122 Å². The van der Waals surface area contributed by atoms with E-state index in [0.29, 0.717) is 13.2 Å². The lowest BCUT2D eigenvalue weighted by molar-refractivity contribution is 0.112. The van der Waals surface area contributed by atoms with Crippen LogP contribution in [-0.4, -0.2) is 36.2 Å². The van der Waals surface area contributed by atoms with Crippen LogP contribution in [0.15, 0.2) is 18.2 Å². The summed E-state index contributed by atoms with van der Waals surface area (Å²) >= 11 is 0. The summed E-state index contributed by atoms with van der Waals surface area (Å²) in [6, 6.07) is 6.06. The Kier molecular flexibility index (Phi) is 5.86. The first kappa shape index (κ1) is 15.3. The van der Waals surface area contributed by atoms with E-state index in [2.05, 4.69) is 11.8 Å². The zero-order chi connectivity index (χ0) is 14.4. The first-order chi connectivity index (χ1) is 9.70. The largest absolute Gasteiger partial charge is 0.493 e. The Bertz CT molecular complexity index is 411. The lowest BCUT2D eigenvalue weighted by Gasteiger charge is -2.24. The van der Waals surface area contributed by atoms with Gasteiger partial charge in [-0.05, 0) is 51.9 Å². The van der Waals surface area contributed by atoms with E-state index in [4.69, 9.17) is 4.74 Å². The molecule has 1 N–H and O–H groups in total. The molecule has 1 heterocycles. The SMILES string of the molecule is CCOc1ccc(C)cc1C(O)CN1CCCCCC1. The molecule has 3 heteroatoms. The van der Waals surface area contributed by atoms with E-state index in [1.807, 2.05) is 25.1 Å². The van der Waals surface area contributed by atoms with Gasteiger partial charge in [0.25, 0.3) is 0 Å². The number of benzene rings is 1. The number of hydrogen-bond donors (Lipinski definition) is 1. The van der Waals surface area contributed by atoms with E-state index < -0.39 is 6.10 Å². The fourth-order valence-corrected chi connectivity index (χ4v) is 2.88. The molecule has 3 nitrogen and oxygen atoms in total. The molecule has 2 rings (SSSR count). The van der Waals surface area contributed by atoms with Crippen LogP contribution in [0.5, 0.6) is 5.75 Å². The molecule has 0 aromatic heterocycles. The molecule has 0 amide bonds. The number of aryl methyl sites for hydroxylation is 1. The molecule has 112 valence electrons. The molecule has 1 fully saturated rings. The summed E-state index contributed by atoms with van der Waals surface area (Å²) in [6.07, 6.45) is 4.68. The van der Waals surface area contributed by atoms with Gasteiger partial charge in [0.05, 0.1) is 12.7 Å². The predicted octanol–water partition coefficient (Wildman–Crippen LogP) is 3.30. The number of β-amino-alcohol motifs (C(OH)–C–C–N with tert-alkyl or cyclic N) is 1. The monoisotopic (exact) mass is 277 g/mol. The Balaban J connectivity index is 2.06. The Morgan fingerprint density at radius 1 is 1.20 bits per heavy atom. The van der Waals surface area contributed by atoms with Gasteiger partial charge in [0.1, 0.15) is 5.75 Å². The first-order valence-electron chi connectivity index (χ1n) is 7.84. The molecule has 1 atom stereocenters. The van der Waals surface area contributed by atoms with Gasteiger partial charge in [0.2, 0.25) is 0 Å². The third kappa shape index (κ3) is 4.22. The number of aliphatic hydroxyl groups excluding tert-OH is 1. The van der Waals surface area contributed by atoms with E-state index in [1.165, 1.54) is 31.2 Å². The van der Waals surface area contributed by atoms with Gasteiger partial charge in [0.15, 0.2) is 0 Å². The Morgan fingerprint density at radius 3 is 2.55 bits per heavy atom. The zero-order valence-corrected chi connectivity index (χ0v) is 12.8. The lowest BCUT2D eigenvalue weighted by atomic mass is 10.0. The minimum Gasteiger partial charge on any atom is -0.493 e. The second-order valence-electron chi connectivity index (χ2n) is 5.70. The van der Waals surface area contributed by atoms with E-state index in [-0.39, 0.29) is 0 Å². The first-order valence-corrected chi connectivity index (χ1v) is 7.84. The van der Waals surface area contributed by atoms with Gasteiger partial charge in [-0.25, -0.2) is 0 Å². The van der Waals surface area contributed by atoms with Crippen molar-refractivity contribution >= 4 is 0 Å². The molecule has 0 spiro atoms. The maximum Gasteiger partial charge on any atom is 0.125 e. The zero-order valence-electron chi connectivity index (χ0n) is 12.8. The molecule has 0 radical (unpaired) electrons. The number of likely N-dealkylation sites (tertiary alicyclic amines) is 1. The molecule has 1 saturated heterocycles. The van der Waals surface area contributed by atoms with Crippen LogP contribution in [0, 0.1) is 6.92 Å². The maximum atomic E-state index is 10.6. The summed E-state index contributed by atoms with van der Waals surface area (Å²) in [5.41, 5.74) is 2.09. The normalized spacial score (nSPS) is 18.6. The van der Waals surface area contributed by atoms with Gasteiger partial charge < -0.3 is 14.7 Å². The van der Waals surface area contributed by atoms with Crippen molar-refractivity contribution in [3.8, 4) is 5.75 Å². The minimum absolute atomic E-state index is 0.463. The standard InChI is InChI=1S/C17H27NO2/c1-3-20-17-9-8-14(2)12-15(17)16(19)13-18-10-6-4-5-7-11-18/h8-9,12,16,19H,3-7,10-11,13H2,1-2H3. The van der Waals surface area contributed by atoms with Crippen molar-refractivity contribution < 1.29 is 9.84 Å². The third-order valence-electron chi connectivity index (χ3n) is 3.95. The molecule has 0 bridgehead atoms. The molecule has 1 aliphatic rings. The molecule has 1 aromatic rings. The second kappa shape index (κ2) is 7.65. The van der Waals surface area contributed by atoms with Crippen LogP contribution in [0.25, 0.3) is 0 Å². The van der Waals surface area contributed by atoms with Gasteiger partial charge in [-0.1, -0.05) is 24.5 Å². The highest BCUT2D eigenvalue weighted by molar-refractivity contribution is 5.38. The van der Waals surface area contributed by atoms with Gasteiger partial charge >= 0.3 is 0 Å². The van der Waals surface area contributed by atoms with Crippen molar-refractivity contribution in [1.82, 2.24) is 4.90 Å². The van der Waals surface area contributed by atoms with Crippen molar-refractivity contribution in [1.29, 1.82) is 0 Å². The van der Waals surface area contributed by atoms with Gasteiger partial charge in [-0.2, -0.15) is 0 Å². The van der Waals surface area contributed by atoms with Crippen molar-refractivity contribution in [2.24, 2.45) is 0 Å². The van der Waals surface area contributed by atoms with Gasteiger partial charge in [-0.15, -0.1) is 0 Å². The molecule has 1 aliphatic heterocycles. The quantitative estimate of drug-likeness (QED) is 0.896. The molecule has 0 aliphatic carbocycles. The smallest absolute Gasteiger partial charge is 0.125 e. The number of hydrogen-bond acceptors (Lipinski definition) is 3. The average Bonchev–Trinajstić information content (AvgIpc) is 2.69. The number of nitrogens with zero attached hydrogens (tertiary/aromatic N) is 1. The Morgan fingerprint density at radius 2 is 1.90 bits per heavy atom. The average molecular weight is 277 g/mol. The summed E-state index contributed by atoms with van der Waals surface area (Å²) < 4.78 is 5.65. The van der Waals surface area contributed by atoms with Crippen LogP contribution >= 0.6 is 0 Å². The topological polar surface area (TPSA) is 32.7 Å². The van der Waals surface area contributed by atoms with E-state index in [9.17, 15) is 5.11 Å². The number of aliphatic hydroxyl groups is 1. The van der Waals surface area contributed by atoms with Crippen LogP contribution in [0.1, 0.15) is 49.8 Å². The summed E-state index contributed by atoms with van der Waals surface area (Å²) in [5, 5.41) is 10.6. The molecular formula is C17H27NO2. The van der Waals surface area contributed by atoms with E-state index in [1.54, 1.807) is 0 Å². The van der Waals surface area contributed by atoms with Crippen LogP contribution in [0.3, 0.4) is 0 Å². The molecule has 1 unspecified atom stereocenters.